The summed E-state index contributed by atoms with van der Waals surface area (Å²) < 4.78 is 1.89. The molecule has 0 aromatic carbocycles. The zero-order valence-corrected chi connectivity index (χ0v) is 9.88. The van der Waals surface area contributed by atoms with Gasteiger partial charge in [-0.25, -0.2) is 4.68 Å². The molecular weight excluding hydrogens is 226 g/mol. The Labute approximate surface area is 98.9 Å². The lowest BCUT2D eigenvalue weighted by Gasteiger charge is -2.18. The molecule has 0 amide bonds. The average molecular weight is 240 g/mol. The number of fused-ring (bicyclic) bond motifs is 1. The molecule has 16 heavy (non-hydrogen) atoms. The second-order valence-corrected chi connectivity index (χ2v) is 4.62. The third-order valence-corrected chi connectivity index (χ3v) is 3.42. The molecule has 3 rings (SSSR count). The van der Waals surface area contributed by atoms with E-state index in [-0.39, 0.29) is 5.38 Å². The van der Waals surface area contributed by atoms with Crippen LogP contribution in [0.1, 0.15) is 19.8 Å². The Morgan fingerprint density at radius 1 is 1.62 bits per heavy atom. The van der Waals surface area contributed by atoms with E-state index in [0.29, 0.717) is 5.95 Å². The van der Waals surface area contributed by atoms with Crippen molar-refractivity contribution in [2.75, 3.05) is 17.2 Å². The van der Waals surface area contributed by atoms with Gasteiger partial charge in [0, 0.05) is 12.2 Å². The van der Waals surface area contributed by atoms with Crippen molar-refractivity contribution in [3.8, 4) is 0 Å². The molecule has 0 saturated heterocycles. The summed E-state index contributed by atoms with van der Waals surface area (Å²) in [5.41, 5.74) is 2.50. The Morgan fingerprint density at radius 3 is 3.31 bits per heavy atom. The number of halogens is 1. The van der Waals surface area contributed by atoms with Gasteiger partial charge in [-0.05, 0) is 25.3 Å². The molecule has 6 heteroatoms. The topological polar surface area (TPSA) is 54.8 Å². The van der Waals surface area contributed by atoms with Crippen LogP contribution in [0.25, 0.3) is 0 Å². The number of nitrogens with one attached hydrogen (secondary N) is 2. The molecule has 0 saturated carbocycles. The summed E-state index contributed by atoms with van der Waals surface area (Å²) in [5.74, 6) is 1.47. The molecule has 0 bridgehead atoms. The van der Waals surface area contributed by atoms with Crippen molar-refractivity contribution in [3.63, 3.8) is 0 Å². The van der Waals surface area contributed by atoms with Gasteiger partial charge in [-0.1, -0.05) is 0 Å². The van der Waals surface area contributed by atoms with Gasteiger partial charge in [0.1, 0.15) is 0 Å². The van der Waals surface area contributed by atoms with E-state index in [2.05, 4.69) is 20.7 Å². The minimum absolute atomic E-state index is 0.114. The summed E-state index contributed by atoms with van der Waals surface area (Å²) in [5, 5.41) is 10.9. The van der Waals surface area contributed by atoms with Gasteiger partial charge in [0.05, 0.1) is 11.9 Å². The van der Waals surface area contributed by atoms with E-state index in [9.17, 15) is 0 Å². The Bertz CT molecular complexity index is 450. The van der Waals surface area contributed by atoms with Gasteiger partial charge in [-0.15, -0.1) is 16.7 Å². The van der Waals surface area contributed by atoms with E-state index >= 15 is 0 Å². The maximum Gasteiger partial charge on any atom is 0.243 e. The standard InChI is InChI=1S/C10H14ClN5/c1-2-12-9-14-10-13-8-6(3-4-7(8)11)5-16(10)15-9/h7H,2-5H2,1H3,(H2,12,13,14,15). The van der Waals surface area contributed by atoms with Gasteiger partial charge in [0.15, 0.2) is 0 Å². The fourth-order valence-corrected chi connectivity index (χ4v) is 2.53. The monoisotopic (exact) mass is 239 g/mol. The highest BCUT2D eigenvalue weighted by Gasteiger charge is 2.29. The van der Waals surface area contributed by atoms with Crippen molar-refractivity contribution in [2.24, 2.45) is 0 Å². The zero-order chi connectivity index (χ0) is 11.1. The van der Waals surface area contributed by atoms with Gasteiger partial charge in [-0.2, -0.15) is 4.98 Å². The molecule has 5 nitrogen and oxygen atoms in total. The van der Waals surface area contributed by atoms with Crippen LogP contribution >= 0.6 is 11.6 Å². The van der Waals surface area contributed by atoms with Crippen molar-refractivity contribution in [2.45, 2.75) is 31.7 Å². The quantitative estimate of drug-likeness (QED) is 0.773. The van der Waals surface area contributed by atoms with Crippen LogP contribution in [-0.2, 0) is 6.54 Å². The molecule has 1 aromatic heterocycles. The van der Waals surface area contributed by atoms with Crippen LogP contribution in [0.5, 0.6) is 0 Å². The molecular formula is C10H14ClN5. The van der Waals surface area contributed by atoms with Crippen LogP contribution in [0.2, 0.25) is 0 Å². The third kappa shape index (κ3) is 1.46. The number of anilines is 2. The number of rotatable bonds is 2. The highest BCUT2D eigenvalue weighted by atomic mass is 35.5. The Balaban J connectivity index is 1.88. The van der Waals surface area contributed by atoms with Crippen molar-refractivity contribution in [1.29, 1.82) is 0 Å². The van der Waals surface area contributed by atoms with Gasteiger partial charge >= 0.3 is 0 Å². The van der Waals surface area contributed by atoms with Gasteiger partial charge < -0.3 is 10.6 Å². The first-order valence-electron chi connectivity index (χ1n) is 5.59. The first-order chi connectivity index (χ1) is 7.78. The molecule has 1 aromatic rings. The highest BCUT2D eigenvalue weighted by Crippen LogP contribution is 2.35. The lowest BCUT2D eigenvalue weighted by molar-refractivity contribution is 0.657. The van der Waals surface area contributed by atoms with E-state index < -0.39 is 0 Å². The number of hydrogen-bond donors (Lipinski definition) is 2. The Kier molecular flexibility index (Phi) is 2.28. The van der Waals surface area contributed by atoms with Crippen LogP contribution in [0.15, 0.2) is 11.3 Å². The molecule has 1 aliphatic carbocycles. The Hall–Kier alpha value is -1.23. The molecule has 2 aliphatic rings. The van der Waals surface area contributed by atoms with Gasteiger partial charge in [0.2, 0.25) is 11.9 Å². The summed E-state index contributed by atoms with van der Waals surface area (Å²) in [6, 6.07) is 0. The normalized spacial score (nSPS) is 22.8. The van der Waals surface area contributed by atoms with Crippen molar-refractivity contribution in [3.05, 3.63) is 11.3 Å². The fraction of sp³-hybridized carbons (Fsp3) is 0.600. The van der Waals surface area contributed by atoms with E-state index in [0.717, 1.165) is 37.6 Å². The number of nitrogens with zero attached hydrogens (tertiary/aromatic N) is 3. The predicted molar refractivity (Wildman–Crippen MR) is 63.7 cm³/mol. The average Bonchev–Trinajstić information content (AvgIpc) is 2.80. The smallest absolute Gasteiger partial charge is 0.243 e. The summed E-state index contributed by atoms with van der Waals surface area (Å²) in [4.78, 5) is 4.37. The van der Waals surface area contributed by atoms with Crippen molar-refractivity contribution < 1.29 is 0 Å². The molecule has 0 radical (unpaired) electrons. The molecule has 2 heterocycles. The van der Waals surface area contributed by atoms with Crippen LogP contribution in [0.4, 0.5) is 11.9 Å². The molecule has 1 atom stereocenters. The number of aromatic nitrogens is 3. The van der Waals surface area contributed by atoms with Crippen LogP contribution in [-0.4, -0.2) is 26.7 Å². The van der Waals surface area contributed by atoms with Crippen molar-refractivity contribution >= 4 is 23.5 Å². The van der Waals surface area contributed by atoms with Crippen LogP contribution < -0.4 is 10.6 Å². The minimum atomic E-state index is 0.114. The first-order valence-corrected chi connectivity index (χ1v) is 6.03. The number of hydrogen-bond acceptors (Lipinski definition) is 4. The summed E-state index contributed by atoms with van der Waals surface area (Å²) in [7, 11) is 0. The second kappa shape index (κ2) is 3.66. The SMILES string of the molecule is CCNc1nc2n(n1)CC1=C(N2)C(Cl)CC1. The molecule has 1 aliphatic heterocycles. The minimum Gasteiger partial charge on any atom is -0.353 e. The van der Waals surface area contributed by atoms with Crippen LogP contribution in [0, 0.1) is 0 Å². The zero-order valence-electron chi connectivity index (χ0n) is 9.13. The van der Waals surface area contributed by atoms with Crippen molar-refractivity contribution in [1.82, 2.24) is 14.8 Å². The second-order valence-electron chi connectivity index (χ2n) is 4.10. The molecule has 1 unspecified atom stereocenters. The maximum absolute atomic E-state index is 6.23. The van der Waals surface area contributed by atoms with Gasteiger partial charge in [0.25, 0.3) is 0 Å². The molecule has 0 fully saturated rings. The summed E-state index contributed by atoms with van der Waals surface area (Å²) in [6.45, 7) is 3.68. The first kappa shape index (κ1) is 9.96. The fourth-order valence-electron chi connectivity index (χ4n) is 2.21. The lowest BCUT2D eigenvalue weighted by Crippen LogP contribution is -2.19. The molecule has 2 N–H and O–H groups in total. The van der Waals surface area contributed by atoms with E-state index in [4.69, 9.17) is 11.6 Å². The lowest BCUT2D eigenvalue weighted by atomic mass is 10.2. The molecule has 0 spiro atoms. The molecule has 86 valence electrons. The number of alkyl halides is 1. The maximum atomic E-state index is 6.23. The summed E-state index contributed by atoms with van der Waals surface area (Å²) >= 11 is 6.23. The number of allylic oxidation sites excluding steroid dienone is 2. The van der Waals surface area contributed by atoms with E-state index in [1.165, 1.54) is 5.57 Å². The van der Waals surface area contributed by atoms with E-state index in [1.54, 1.807) is 0 Å². The highest BCUT2D eigenvalue weighted by molar-refractivity contribution is 6.23. The summed E-state index contributed by atoms with van der Waals surface area (Å²) in [6.07, 6.45) is 2.08. The van der Waals surface area contributed by atoms with Crippen LogP contribution in [0.3, 0.4) is 0 Å². The van der Waals surface area contributed by atoms with Gasteiger partial charge in [-0.3, -0.25) is 0 Å². The predicted octanol–water partition coefficient (Wildman–Crippen LogP) is 1.79. The third-order valence-electron chi connectivity index (χ3n) is 2.99. The Morgan fingerprint density at radius 2 is 2.50 bits per heavy atom. The van der Waals surface area contributed by atoms with E-state index in [1.807, 2.05) is 11.6 Å². The largest absolute Gasteiger partial charge is 0.353 e.